The molecule has 0 atom stereocenters. The maximum absolute atomic E-state index is 12.2. The van der Waals surface area contributed by atoms with Gasteiger partial charge in [0.2, 0.25) is 5.91 Å². The highest BCUT2D eigenvalue weighted by molar-refractivity contribution is 7.99. The van der Waals surface area contributed by atoms with Gasteiger partial charge in [0.25, 0.3) is 0 Å². The van der Waals surface area contributed by atoms with Crippen LogP contribution >= 0.6 is 23.1 Å². The number of para-hydroxylation sites is 1. The number of carbonyl (C=O) groups is 1. The van der Waals surface area contributed by atoms with E-state index in [2.05, 4.69) is 10.3 Å². The Morgan fingerprint density at radius 1 is 1.12 bits per heavy atom. The van der Waals surface area contributed by atoms with Gasteiger partial charge in [0, 0.05) is 21.2 Å². The minimum absolute atomic E-state index is 0.165. The number of thiazole rings is 1. The van der Waals surface area contributed by atoms with E-state index in [1.807, 2.05) is 66.9 Å². The van der Waals surface area contributed by atoms with Crippen LogP contribution in [0.15, 0.2) is 75.8 Å². The number of amides is 1. The van der Waals surface area contributed by atoms with E-state index in [4.69, 9.17) is 0 Å². The van der Waals surface area contributed by atoms with Crippen molar-refractivity contribution in [1.29, 1.82) is 0 Å². The van der Waals surface area contributed by atoms with Gasteiger partial charge >= 0.3 is 0 Å². The molecule has 3 rings (SSSR count). The van der Waals surface area contributed by atoms with Gasteiger partial charge in [-0.15, -0.1) is 11.3 Å². The third kappa shape index (κ3) is 4.57. The fraction of sp³-hybridized carbons (Fsp3) is 0.0526. The standard InChI is InChI=1S/C19H16N2OS2/c1-14-20-15(13-23-14)11-12-19(22)21-17-9-5-6-10-18(17)24-16-7-3-2-4-8-16/h2-13H,1H3,(H,21,22)/b12-11+. The van der Waals surface area contributed by atoms with Crippen LogP contribution in [-0.2, 0) is 4.79 Å². The predicted molar refractivity (Wildman–Crippen MR) is 102 cm³/mol. The van der Waals surface area contributed by atoms with Crippen molar-refractivity contribution in [2.75, 3.05) is 5.32 Å². The van der Waals surface area contributed by atoms with Crippen molar-refractivity contribution in [3.05, 3.63) is 76.8 Å². The molecule has 0 bridgehead atoms. The van der Waals surface area contributed by atoms with E-state index in [9.17, 15) is 4.79 Å². The summed E-state index contributed by atoms with van der Waals surface area (Å²) >= 11 is 3.19. The molecule has 24 heavy (non-hydrogen) atoms. The quantitative estimate of drug-likeness (QED) is 0.637. The van der Waals surface area contributed by atoms with E-state index in [-0.39, 0.29) is 5.91 Å². The zero-order chi connectivity index (χ0) is 16.8. The molecule has 0 unspecified atom stereocenters. The van der Waals surface area contributed by atoms with Gasteiger partial charge in [-0.25, -0.2) is 4.98 Å². The number of rotatable bonds is 5. The molecule has 0 aliphatic carbocycles. The Morgan fingerprint density at radius 2 is 1.88 bits per heavy atom. The Labute approximate surface area is 149 Å². The van der Waals surface area contributed by atoms with Crippen LogP contribution in [0.5, 0.6) is 0 Å². The third-order valence-electron chi connectivity index (χ3n) is 3.16. The molecule has 2 aromatic carbocycles. The summed E-state index contributed by atoms with van der Waals surface area (Å²) in [5.74, 6) is -0.165. The van der Waals surface area contributed by atoms with Crippen LogP contribution in [0.4, 0.5) is 5.69 Å². The predicted octanol–water partition coefficient (Wildman–Crippen LogP) is 5.25. The molecule has 0 fully saturated rings. The summed E-state index contributed by atoms with van der Waals surface area (Å²) in [7, 11) is 0. The van der Waals surface area contributed by atoms with Gasteiger partial charge in [-0.2, -0.15) is 0 Å². The molecule has 0 spiro atoms. The van der Waals surface area contributed by atoms with Crippen molar-refractivity contribution < 1.29 is 4.79 Å². The highest BCUT2D eigenvalue weighted by Crippen LogP contribution is 2.33. The monoisotopic (exact) mass is 352 g/mol. The van der Waals surface area contributed by atoms with Gasteiger partial charge < -0.3 is 5.32 Å². The fourth-order valence-electron chi connectivity index (χ4n) is 2.07. The Balaban J connectivity index is 1.70. The molecule has 0 aliphatic rings. The largest absolute Gasteiger partial charge is 0.321 e. The maximum Gasteiger partial charge on any atom is 0.248 e. The van der Waals surface area contributed by atoms with Gasteiger partial charge in [0.05, 0.1) is 16.4 Å². The normalized spacial score (nSPS) is 10.9. The topological polar surface area (TPSA) is 42.0 Å². The molecular weight excluding hydrogens is 336 g/mol. The lowest BCUT2D eigenvalue weighted by Crippen LogP contribution is -2.08. The van der Waals surface area contributed by atoms with Crippen LogP contribution in [-0.4, -0.2) is 10.9 Å². The van der Waals surface area contributed by atoms with Gasteiger partial charge in [-0.05, 0) is 37.3 Å². The van der Waals surface area contributed by atoms with Gasteiger partial charge in [-0.3, -0.25) is 4.79 Å². The lowest BCUT2D eigenvalue weighted by atomic mass is 10.3. The van der Waals surface area contributed by atoms with Crippen molar-refractivity contribution >= 4 is 40.8 Å². The third-order valence-corrected chi connectivity index (χ3v) is 5.03. The summed E-state index contributed by atoms with van der Waals surface area (Å²) < 4.78 is 0. The van der Waals surface area contributed by atoms with E-state index < -0.39 is 0 Å². The van der Waals surface area contributed by atoms with E-state index in [1.165, 1.54) is 6.08 Å². The molecule has 1 heterocycles. The van der Waals surface area contributed by atoms with E-state index in [1.54, 1.807) is 29.2 Å². The van der Waals surface area contributed by atoms with Crippen molar-refractivity contribution in [1.82, 2.24) is 4.98 Å². The average Bonchev–Trinajstić information content (AvgIpc) is 3.01. The summed E-state index contributed by atoms with van der Waals surface area (Å²) in [6.45, 7) is 1.94. The van der Waals surface area contributed by atoms with Crippen molar-refractivity contribution in [2.45, 2.75) is 16.7 Å². The molecule has 0 radical (unpaired) electrons. The van der Waals surface area contributed by atoms with E-state index in [0.717, 1.165) is 26.2 Å². The number of aryl methyl sites for hydroxylation is 1. The van der Waals surface area contributed by atoms with Crippen molar-refractivity contribution in [2.24, 2.45) is 0 Å². The van der Waals surface area contributed by atoms with Crippen molar-refractivity contribution in [3.8, 4) is 0 Å². The second-order valence-corrected chi connectivity index (χ2v) is 7.20. The summed E-state index contributed by atoms with van der Waals surface area (Å²) in [6, 6.07) is 17.9. The zero-order valence-electron chi connectivity index (χ0n) is 13.1. The molecule has 1 aromatic heterocycles. The molecule has 5 heteroatoms. The zero-order valence-corrected chi connectivity index (χ0v) is 14.7. The number of aromatic nitrogens is 1. The Kier molecular flexibility index (Phi) is 5.46. The second-order valence-electron chi connectivity index (χ2n) is 5.03. The summed E-state index contributed by atoms with van der Waals surface area (Å²) in [5, 5.41) is 5.85. The highest BCUT2D eigenvalue weighted by Gasteiger charge is 2.06. The van der Waals surface area contributed by atoms with Crippen molar-refractivity contribution in [3.63, 3.8) is 0 Å². The van der Waals surface area contributed by atoms with E-state index >= 15 is 0 Å². The fourth-order valence-corrected chi connectivity index (χ4v) is 3.57. The van der Waals surface area contributed by atoms with Gasteiger partial charge in [-0.1, -0.05) is 42.1 Å². The molecule has 1 amide bonds. The SMILES string of the molecule is Cc1nc(/C=C/C(=O)Nc2ccccc2Sc2ccccc2)cs1. The van der Waals surface area contributed by atoms with Crippen LogP contribution in [0.2, 0.25) is 0 Å². The molecule has 120 valence electrons. The number of hydrogen-bond acceptors (Lipinski definition) is 4. The van der Waals surface area contributed by atoms with Gasteiger partial charge in [0.1, 0.15) is 0 Å². The molecular formula is C19H16N2OS2. The first-order chi connectivity index (χ1) is 11.7. The first kappa shape index (κ1) is 16.5. The van der Waals surface area contributed by atoms with Crippen LogP contribution in [0.3, 0.4) is 0 Å². The smallest absolute Gasteiger partial charge is 0.248 e. The summed E-state index contributed by atoms with van der Waals surface area (Å²) in [6.07, 6.45) is 3.24. The molecule has 0 saturated carbocycles. The highest BCUT2D eigenvalue weighted by atomic mass is 32.2. The van der Waals surface area contributed by atoms with Gasteiger partial charge in [0.15, 0.2) is 0 Å². The Bertz CT molecular complexity index is 857. The molecule has 3 nitrogen and oxygen atoms in total. The number of nitrogens with zero attached hydrogens (tertiary/aromatic N) is 1. The first-order valence-corrected chi connectivity index (χ1v) is 9.13. The number of anilines is 1. The van der Waals surface area contributed by atoms with Crippen LogP contribution in [0.1, 0.15) is 10.7 Å². The lowest BCUT2D eigenvalue weighted by Gasteiger charge is -2.09. The number of nitrogens with one attached hydrogen (secondary N) is 1. The lowest BCUT2D eigenvalue weighted by molar-refractivity contribution is -0.111. The number of benzene rings is 2. The molecule has 0 aliphatic heterocycles. The average molecular weight is 352 g/mol. The first-order valence-electron chi connectivity index (χ1n) is 7.44. The summed E-state index contributed by atoms with van der Waals surface area (Å²) in [4.78, 5) is 18.6. The minimum Gasteiger partial charge on any atom is -0.321 e. The second kappa shape index (κ2) is 7.95. The van der Waals surface area contributed by atoms with Crippen LogP contribution in [0, 0.1) is 6.92 Å². The molecule has 1 N–H and O–H groups in total. The number of carbonyl (C=O) groups excluding carboxylic acids is 1. The van der Waals surface area contributed by atoms with E-state index in [0.29, 0.717) is 0 Å². The van der Waals surface area contributed by atoms with Crippen LogP contribution < -0.4 is 5.32 Å². The van der Waals surface area contributed by atoms with Crippen LogP contribution in [0.25, 0.3) is 6.08 Å². The number of hydrogen-bond donors (Lipinski definition) is 1. The Morgan fingerprint density at radius 3 is 2.62 bits per heavy atom. The Hall–Kier alpha value is -2.37. The maximum atomic E-state index is 12.2. The molecule has 0 saturated heterocycles. The minimum atomic E-state index is -0.165. The molecule has 3 aromatic rings. The summed E-state index contributed by atoms with van der Waals surface area (Å²) in [5.41, 5.74) is 1.61.